The maximum atomic E-state index is 13.3. The number of benzene rings is 2. The van der Waals surface area contributed by atoms with Gasteiger partial charge in [-0.3, -0.25) is 4.79 Å². The molecule has 4 nitrogen and oxygen atoms in total. The molecule has 2 aromatic rings. The lowest BCUT2D eigenvalue weighted by atomic mass is 10.2. The number of anilines is 1. The van der Waals surface area contributed by atoms with Gasteiger partial charge in [0.05, 0.1) is 11.8 Å². The van der Waals surface area contributed by atoms with E-state index >= 15 is 0 Å². The van der Waals surface area contributed by atoms with E-state index in [-0.39, 0.29) is 12.2 Å². The third-order valence-corrected chi connectivity index (χ3v) is 3.78. The molecular formula is C16H13BrF2N2O2. The topological polar surface area (TPSA) is 50.7 Å². The summed E-state index contributed by atoms with van der Waals surface area (Å²) >= 11 is 3.36. The Kier molecular flexibility index (Phi) is 5.81. The van der Waals surface area contributed by atoms with Gasteiger partial charge in [0, 0.05) is 10.2 Å². The molecule has 1 amide bonds. The van der Waals surface area contributed by atoms with E-state index in [0.29, 0.717) is 5.69 Å². The summed E-state index contributed by atoms with van der Waals surface area (Å²) in [4.78, 5) is 16.4. The van der Waals surface area contributed by atoms with Crippen molar-refractivity contribution in [3.63, 3.8) is 0 Å². The van der Waals surface area contributed by atoms with E-state index in [4.69, 9.17) is 4.84 Å². The van der Waals surface area contributed by atoms with E-state index in [1.54, 1.807) is 12.1 Å². The van der Waals surface area contributed by atoms with E-state index in [1.807, 2.05) is 13.0 Å². The number of amides is 1. The van der Waals surface area contributed by atoms with Crippen LogP contribution < -0.4 is 5.32 Å². The summed E-state index contributed by atoms with van der Waals surface area (Å²) in [6.45, 7) is 1.52. The van der Waals surface area contributed by atoms with Crippen LogP contribution >= 0.6 is 15.9 Å². The molecule has 1 N–H and O–H groups in total. The average Bonchev–Trinajstić information content (AvgIpc) is 2.50. The predicted octanol–water partition coefficient (Wildman–Crippen LogP) is 4.02. The monoisotopic (exact) mass is 382 g/mol. The summed E-state index contributed by atoms with van der Waals surface area (Å²) in [5.74, 6) is -1.95. The number of aryl methyl sites for hydroxylation is 1. The highest BCUT2D eigenvalue weighted by Crippen LogP contribution is 2.19. The molecule has 0 radical (unpaired) electrons. The van der Waals surface area contributed by atoms with Crippen molar-refractivity contribution in [3.05, 3.63) is 63.6 Å². The molecule has 0 atom stereocenters. The van der Waals surface area contributed by atoms with Crippen LogP contribution in [0.1, 0.15) is 11.1 Å². The van der Waals surface area contributed by atoms with Gasteiger partial charge in [-0.25, -0.2) is 8.78 Å². The summed E-state index contributed by atoms with van der Waals surface area (Å²) in [5, 5.41) is 6.03. The smallest absolute Gasteiger partial charge is 0.265 e. The maximum Gasteiger partial charge on any atom is 0.265 e. The molecule has 120 valence electrons. The lowest BCUT2D eigenvalue weighted by Crippen LogP contribution is -2.17. The number of carbonyl (C=O) groups excluding carboxylic acids is 1. The second-order valence-corrected chi connectivity index (χ2v) is 5.51. The first-order valence-electron chi connectivity index (χ1n) is 6.62. The molecule has 0 spiro atoms. The first-order valence-corrected chi connectivity index (χ1v) is 7.42. The number of hydrogen-bond acceptors (Lipinski definition) is 3. The number of rotatable bonds is 5. The Morgan fingerprint density at radius 2 is 2.00 bits per heavy atom. The van der Waals surface area contributed by atoms with Crippen LogP contribution in [0.15, 0.2) is 46.0 Å². The lowest BCUT2D eigenvalue weighted by Gasteiger charge is -2.06. The fourth-order valence-electron chi connectivity index (χ4n) is 1.74. The second-order valence-electron chi connectivity index (χ2n) is 4.66. The van der Waals surface area contributed by atoms with Crippen molar-refractivity contribution in [1.29, 1.82) is 0 Å². The second kappa shape index (κ2) is 7.82. The van der Waals surface area contributed by atoms with E-state index in [1.165, 1.54) is 6.07 Å². The molecule has 23 heavy (non-hydrogen) atoms. The Labute approximate surface area is 140 Å². The summed E-state index contributed by atoms with van der Waals surface area (Å²) in [7, 11) is 0. The Balaban J connectivity index is 1.87. The summed E-state index contributed by atoms with van der Waals surface area (Å²) < 4.78 is 27.6. The van der Waals surface area contributed by atoms with Crippen LogP contribution in [0.25, 0.3) is 0 Å². The SMILES string of the molecule is Cc1cc(NC(=O)CO/N=C/c2c(F)cccc2F)ccc1Br. The Morgan fingerprint density at radius 3 is 2.65 bits per heavy atom. The molecule has 0 saturated carbocycles. The van der Waals surface area contributed by atoms with Gasteiger partial charge in [0.1, 0.15) is 11.6 Å². The molecular weight excluding hydrogens is 370 g/mol. The normalized spacial score (nSPS) is 10.8. The molecule has 7 heteroatoms. The van der Waals surface area contributed by atoms with Gasteiger partial charge >= 0.3 is 0 Å². The Hall–Kier alpha value is -2.28. The molecule has 0 fully saturated rings. The van der Waals surface area contributed by atoms with Crippen LogP contribution in [-0.4, -0.2) is 18.7 Å². The fourth-order valence-corrected chi connectivity index (χ4v) is 1.99. The van der Waals surface area contributed by atoms with Crippen LogP contribution in [0, 0.1) is 18.6 Å². The molecule has 0 bridgehead atoms. The molecule has 0 aromatic heterocycles. The number of nitrogens with zero attached hydrogens (tertiary/aromatic N) is 1. The van der Waals surface area contributed by atoms with Crippen molar-refractivity contribution in [2.75, 3.05) is 11.9 Å². The highest BCUT2D eigenvalue weighted by Gasteiger charge is 2.06. The maximum absolute atomic E-state index is 13.3. The van der Waals surface area contributed by atoms with Crippen LogP contribution in [0.2, 0.25) is 0 Å². The molecule has 0 heterocycles. The van der Waals surface area contributed by atoms with Crippen LogP contribution in [0.4, 0.5) is 14.5 Å². The van der Waals surface area contributed by atoms with Crippen LogP contribution in [-0.2, 0) is 9.63 Å². The number of carbonyl (C=O) groups is 1. The lowest BCUT2D eigenvalue weighted by molar-refractivity contribution is -0.120. The van der Waals surface area contributed by atoms with Crippen molar-refractivity contribution in [1.82, 2.24) is 0 Å². The van der Waals surface area contributed by atoms with Crippen molar-refractivity contribution < 1.29 is 18.4 Å². The van der Waals surface area contributed by atoms with Gasteiger partial charge in [-0.15, -0.1) is 0 Å². The minimum atomic E-state index is -0.757. The molecule has 0 saturated heterocycles. The Morgan fingerprint density at radius 1 is 1.30 bits per heavy atom. The fraction of sp³-hybridized carbons (Fsp3) is 0.125. The minimum Gasteiger partial charge on any atom is -0.386 e. The highest BCUT2D eigenvalue weighted by atomic mass is 79.9. The largest absolute Gasteiger partial charge is 0.386 e. The van der Waals surface area contributed by atoms with Gasteiger partial charge < -0.3 is 10.2 Å². The van der Waals surface area contributed by atoms with Gasteiger partial charge in [-0.1, -0.05) is 27.2 Å². The Bertz CT molecular complexity index is 731. The van der Waals surface area contributed by atoms with Gasteiger partial charge in [0.2, 0.25) is 0 Å². The summed E-state index contributed by atoms with van der Waals surface area (Å²) in [5.41, 5.74) is 1.26. The number of hydrogen-bond donors (Lipinski definition) is 1. The first kappa shape index (κ1) is 17.1. The van der Waals surface area contributed by atoms with E-state index in [9.17, 15) is 13.6 Å². The van der Waals surface area contributed by atoms with E-state index < -0.39 is 17.5 Å². The van der Waals surface area contributed by atoms with E-state index in [2.05, 4.69) is 26.4 Å². The molecule has 2 rings (SSSR count). The highest BCUT2D eigenvalue weighted by molar-refractivity contribution is 9.10. The molecule has 0 unspecified atom stereocenters. The van der Waals surface area contributed by atoms with Gasteiger partial charge in [-0.05, 0) is 42.8 Å². The third-order valence-electron chi connectivity index (χ3n) is 2.89. The zero-order chi connectivity index (χ0) is 16.8. The summed E-state index contributed by atoms with van der Waals surface area (Å²) in [6, 6.07) is 8.79. The first-order chi connectivity index (χ1) is 11.0. The third kappa shape index (κ3) is 4.85. The zero-order valence-electron chi connectivity index (χ0n) is 12.1. The number of halogens is 3. The quantitative estimate of drug-likeness (QED) is 0.626. The average molecular weight is 383 g/mol. The predicted molar refractivity (Wildman–Crippen MR) is 87.4 cm³/mol. The zero-order valence-corrected chi connectivity index (χ0v) is 13.7. The molecule has 0 aliphatic heterocycles. The van der Waals surface area contributed by atoms with Crippen LogP contribution in [0.3, 0.4) is 0 Å². The van der Waals surface area contributed by atoms with Gasteiger partial charge in [-0.2, -0.15) is 0 Å². The summed E-state index contributed by atoms with van der Waals surface area (Å²) in [6.07, 6.45) is 0.891. The number of nitrogens with one attached hydrogen (secondary N) is 1. The van der Waals surface area contributed by atoms with Crippen LogP contribution in [0.5, 0.6) is 0 Å². The minimum absolute atomic E-state index is 0.323. The number of oxime groups is 1. The van der Waals surface area contributed by atoms with Crippen molar-refractivity contribution in [3.8, 4) is 0 Å². The van der Waals surface area contributed by atoms with Crippen molar-refractivity contribution in [2.45, 2.75) is 6.92 Å². The van der Waals surface area contributed by atoms with Crippen molar-refractivity contribution >= 4 is 33.7 Å². The van der Waals surface area contributed by atoms with Crippen molar-refractivity contribution in [2.24, 2.45) is 5.16 Å². The van der Waals surface area contributed by atoms with E-state index in [0.717, 1.165) is 28.4 Å². The molecule has 2 aromatic carbocycles. The standard InChI is InChI=1S/C16H13BrF2N2O2/c1-10-7-11(5-6-13(10)17)21-16(22)9-23-20-8-12-14(18)3-2-4-15(12)19/h2-8H,9H2,1H3,(H,21,22)/b20-8+. The van der Waals surface area contributed by atoms with Gasteiger partial charge in [0.15, 0.2) is 6.61 Å². The molecule has 0 aliphatic carbocycles. The van der Waals surface area contributed by atoms with Gasteiger partial charge in [0.25, 0.3) is 5.91 Å². The molecule has 0 aliphatic rings.